The first-order valence-corrected chi connectivity index (χ1v) is 7.17. The minimum atomic E-state index is 0.828. The monoisotopic (exact) mass is 258 g/mol. The van der Waals surface area contributed by atoms with E-state index in [2.05, 4.69) is 29.4 Å². The van der Waals surface area contributed by atoms with Gasteiger partial charge in [0.25, 0.3) is 0 Å². The van der Waals surface area contributed by atoms with Gasteiger partial charge in [0.1, 0.15) is 5.58 Å². The largest absolute Gasteiger partial charge is 0.464 e. The Balaban J connectivity index is 1.52. The van der Waals surface area contributed by atoms with Crippen LogP contribution in [0.2, 0.25) is 0 Å². The quantitative estimate of drug-likeness (QED) is 0.914. The molecule has 1 saturated heterocycles. The zero-order valence-electron chi connectivity index (χ0n) is 11.6. The van der Waals surface area contributed by atoms with Crippen molar-refractivity contribution < 1.29 is 4.42 Å². The van der Waals surface area contributed by atoms with Gasteiger partial charge in [-0.25, -0.2) is 0 Å². The number of hydrogen-bond acceptors (Lipinski definition) is 3. The molecule has 0 saturated carbocycles. The van der Waals surface area contributed by atoms with Crippen molar-refractivity contribution in [3.05, 3.63) is 36.1 Å². The molecule has 1 aromatic heterocycles. The van der Waals surface area contributed by atoms with Crippen LogP contribution in [-0.2, 0) is 6.54 Å². The molecule has 102 valence electrons. The van der Waals surface area contributed by atoms with Crippen LogP contribution in [0.4, 0.5) is 0 Å². The predicted octanol–water partition coefficient (Wildman–Crippen LogP) is 2.86. The summed E-state index contributed by atoms with van der Waals surface area (Å²) < 4.78 is 5.56. The standard InChI is InChI=1S/C16H22N2O/c1-18-8-6-13(7-9-18)10-17-11-14-12-19-16-5-3-2-4-15(14)16/h2-5,12-13,17H,6-11H2,1H3. The smallest absolute Gasteiger partial charge is 0.134 e. The third-order valence-electron chi connectivity index (χ3n) is 4.15. The fourth-order valence-electron chi connectivity index (χ4n) is 2.85. The van der Waals surface area contributed by atoms with Crippen molar-refractivity contribution in [1.82, 2.24) is 10.2 Å². The maximum atomic E-state index is 5.56. The van der Waals surface area contributed by atoms with Crippen LogP contribution in [0.3, 0.4) is 0 Å². The molecule has 1 aromatic carbocycles. The van der Waals surface area contributed by atoms with Crippen LogP contribution in [0.25, 0.3) is 11.0 Å². The summed E-state index contributed by atoms with van der Waals surface area (Å²) in [6.45, 7) is 4.50. The van der Waals surface area contributed by atoms with Crippen LogP contribution >= 0.6 is 0 Å². The molecule has 2 heterocycles. The van der Waals surface area contributed by atoms with E-state index >= 15 is 0 Å². The van der Waals surface area contributed by atoms with Gasteiger partial charge in [-0.2, -0.15) is 0 Å². The summed E-state index contributed by atoms with van der Waals surface area (Å²) >= 11 is 0. The number of para-hydroxylation sites is 1. The predicted molar refractivity (Wildman–Crippen MR) is 78.1 cm³/mol. The molecule has 0 amide bonds. The average Bonchev–Trinajstić information content (AvgIpc) is 2.85. The lowest BCUT2D eigenvalue weighted by Gasteiger charge is -2.29. The molecule has 0 radical (unpaired) electrons. The van der Waals surface area contributed by atoms with Crippen molar-refractivity contribution in [3.63, 3.8) is 0 Å². The van der Waals surface area contributed by atoms with Gasteiger partial charge >= 0.3 is 0 Å². The number of nitrogens with one attached hydrogen (secondary N) is 1. The zero-order chi connectivity index (χ0) is 13.1. The summed E-state index contributed by atoms with van der Waals surface area (Å²) in [4.78, 5) is 2.42. The second-order valence-electron chi connectivity index (χ2n) is 5.63. The number of furan rings is 1. The molecular formula is C16H22N2O. The van der Waals surface area contributed by atoms with Crippen LogP contribution < -0.4 is 5.32 Å². The maximum Gasteiger partial charge on any atom is 0.134 e. The minimum Gasteiger partial charge on any atom is -0.464 e. The van der Waals surface area contributed by atoms with Crippen molar-refractivity contribution in [2.45, 2.75) is 19.4 Å². The molecule has 0 aliphatic carbocycles. The Morgan fingerprint density at radius 1 is 1.26 bits per heavy atom. The Bertz CT molecular complexity index is 526. The van der Waals surface area contributed by atoms with Gasteiger partial charge < -0.3 is 14.6 Å². The zero-order valence-corrected chi connectivity index (χ0v) is 11.6. The minimum absolute atomic E-state index is 0.828. The van der Waals surface area contributed by atoms with Gasteiger partial charge in [-0.1, -0.05) is 18.2 Å². The van der Waals surface area contributed by atoms with E-state index in [0.29, 0.717) is 0 Å². The van der Waals surface area contributed by atoms with Crippen LogP contribution in [0.5, 0.6) is 0 Å². The van der Waals surface area contributed by atoms with Gasteiger partial charge in [-0.3, -0.25) is 0 Å². The van der Waals surface area contributed by atoms with E-state index in [9.17, 15) is 0 Å². The number of likely N-dealkylation sites (tertiary alicyclic amines) is 1. The number of piperidine rings is 1. The fourth-order valence-corrected chi connectivity index (χ4v) is 2.85. The maximum absolute atomic E-state index is 5.56. The lowest BCUT2D eigenvalue weighted by atomic mass is 9.97. The first-order valence-electron chi connectivity index (χ1n) is 7.17. The highest BCUT2D eigenvalue weighted by molar-refractivity contribution is 5.80. The topological polar surface area (TPSA) is 28.4 Å². The molecule has 0 atom stereocenters. The normalized spacial score (nSPS) is 18.2. The lowest BCUT2D eigenvalue weighted by molar-refractivity contribution is 0.216. The molecular weight excluding hydrogens is 236 g/mol. The lowest BCUT2D eigenvalue weighted by Crippen LogP contribution is -2.34. The number of nitrogens with zero attached hydrogens (tertiary/aromatic N) is 1. The van der Waals surface area contributed by atoms with Gasteiger partial charge in [0.2, 0.25) is 0 Å². The summed E-state index contributed by atoms with van der Waals surface area (Å²) in [7, 11) is 2.21. The third-order valence-corrected chi connectivity index (χ3v) is 4.15. The molecule has 1 fully saturated rings. The fraction of sp³-hybridized carbons (Fsp3) is 0.500. The molecule has 2 aromatic rings. The summed E-state index contributed by atoms with van der Waals surface area (Å²) in [6.07, 6.45) is 4.51. The van der Waals surface area contributed by atoms with Crippen LogP contribution in [0.1, 0.15) is 18.4 Å². The summed E-state index contributed by atoms with van der Waals surface area (Å²) in [6, 6.07) is 8.24. The number of benzene rings is 1. The molecule has 0 spiro atoms. The van der Waals surface area contributed by atoms with Gasteiger partial charge in [0, 0.05) is 17.5 Å². The highest BCUT2D eigenvalue weighted by Crippen LogP contribution is 2.21. The van der Waals surface area contributed by atoms with Gasteiger partial charge in [-0.15, -0.1) is 0 Å². The molecule has 19 heavy (non-hydrogen) atoms. The Hall–Kier alpha value is -1.32. The van der Waals surface area contributed by atoms with E-state index in [1.54, 1.807) is 0 Å². The number of rotatable bonds is 4. The highest BCUT2D eigenvalue weighted by Gasteiger charge is 2.16. The van der Waals surface area contributed by atoms with E-state index in [4.69, 9.17) is 4.42 Å². The number of hydrogen-bond donors (Lipinski definition) is 1. The van der Waals surface area contributed by atoms with E-state index in [0.717, 1.165) is 24.6 Å². The van der Waals surface area contributed by atoms with Crippen molar-refractivity contribution in [2.75, 3.05) is 26.7 Å². The molecule has 1 aliphatic heterocycles. The van der Waals surface area contributed by atoms with Crippen molar-refractivity contribution in [3.8, 4) is 0 Å². The summed E-state index contributed by atoms with van der Waals surface area (Å²) in [5.41, 5.74) is 2.25. The highest BCUT2D eigenvalue weighted by atomic mass is 16.3. The molecule has 3 rings (SSSR count). The molecule has 1 aliphatic rings. The molecule has 0 bridgehead atoms. The Kier molecular flexibility index (Phi) is 3.85. The van der Waals surface area contributed by atoms with Gasteiger partial charge in [0.05, 0.1) is 6.26 Å². The van der Waals surface area contributed by atoms with Crippen LogP contribution in [0, 0.1) is 5.92 Å². The Morgan fingerprint density at radius 3 is 2.89 bits per heavy atom. The first-order chi connectivity index (χ1) is 9.33. The number of fused-ring (bicyclic) bond motifs is 1. The SMILES string of the molecule is CN1CCC(CNCc2coc3ccccc23)CC1. The van der Waals surface area contributed by atoms with E-state index in [1.165, 1.54) is 36.9 Å². The third kappa shape index (κ3) is 2.99. The van der Waals surface area contributed by atoms with Crippen molar-refractivity contribution in [2.24, 2.45) is 5.92 Å². The second-order valence-corrected chi connectivity index (χ2v) is 5.63. The van der Waals surface area contributed by atoms with E-state index in [-0.39, 0.29) is 0 Å². The van der Waals surface area contributed by atoms with Gasteiger partial charge in [-0.05, 0) is 51.5 Å². The summed E-state index contributed by atoms with van der Waals surface area (Å²) in [5, 5.41) is 4.82. The first kappa shape index (κ1) is 12.7. The summed E-state index contributed by atoms with van der Waals surface area (Å²) in [5.74, 6) is 0.828. The molecule has 0 unspecified atom stereocenters. The van der Waals surface area contributed by atoms with E-state index < -0.39 is 0 Å². The molecule has 3 nitrogen and oxygen atoms in total. The molecule has 3 heteroatoms. The van der Waals surface area contributed by atoms with Crippen molar-refractivity contribution in [1.29, 1.82) is 0 Å². The molecule has 1 N–H and O–H groups in total. The van der Waals surface area contributed by atoms with Gasteiger partial charge in [0.15, 0.2) is 0 Å². The van der Waals surface area contributed by atoms with Crippen molar-refractivity contribution >= 4 is 11.0 Å². The Morgan fingerprint density at radius 2 is 2.05 bits per heavy atom. The Labute approximate surface area is 114 Å². The van der Waals surface area contributed by atoms with Crippen LogP contribution in [-0.4, -0.2) is 31.6 Å². The van der Waals surface area contributed by atoms with E-state index in [1.807, 2.05) is 18.4 Å². The second kappa shape index (κ2) is 5.76. The average molecular weight is 258 g/mol. The van der Waals surface area contributed by atoms with Crippen LogP contribution in [0.15, 0.2) is 34.9 Å².